The lowest BCUT2D eigenvalue weighted by Crippen LogP contribution is -2.39. The van der Waals surface area contributed by atoms with Crippen molar-refractivity contribution in [2.24, 2.45) is 5.14 Å². The molecule has 1 aliphatic carbocycles. The number of benzene rings is 2. The van der Waals surface area contributed by atoms with Gasteiger partial charge in [0.15, 0.2) is 0 Å². The first kappa shape index (κ1) is 20.3. The maximum atomic E-state index is 11.3. The van der Waals surface area contributed by atoms with Gasteiger partial charge in [0.25, 0.3) is 0 Å². The van der Waals surface area contributed by atoms with Gasteiger partial charge in [0.1, 0.15) is 5.75 Å². The molecule has 6 nitrogen and oxygen atoms in total. The Balaban J connectivity index is 1.59. The van der Waals surface area contributed by atoms with E-state index in [1.54, 1.807) is 19.2 Å². The lowest BCUT2D eigenvalue weighted by Gasteiger charge is -2.36. The molecule has 7 heteroatoms. The van der Waals surface area contributed by atoms with Crippen LogP contribution >= 0.6 is 0 Å². The van der Waals surface area contributed by atoms with E-state index >= 15 is 0 Å². The van der Waals surface area contributed by atoms with Crippen LogP contribution in [0.1, 0.15) is 36.8 Å². The van der Waals surface area contributed by atoms with E-state index in [2.05, 4.69) is 11.4 Å². The largest absolute Gasteiger partial charge is 0.497 e. The van der Waals surface area contributed by atoms with Gasteiger partial charge in [0.2, 0.25) is 10.0 Å². The summed E-state index contributed by atoms with van der Waals surface area (Å²) in [5, 5.41) is 18.5. The maximum absolute atomic E-state index is 11.3. The van der Waals surface area contributed by atoms with E-state index in [-0.39, 0.29) is 4.90 Å². The molecule has 1 saturated carbocycles. The molecule has 0 bridgehead atoms. The number of nitriles is 1. The third-order valence-electron chi connectivity index (χ3n) is 5.52. The van der Waals surface area contributed by atoms with Crippen LogP contribution in [-0.4, -0.2) is 21.6 Å². The molecule has 2 aromatic carbocycles. The first-order chi connectivity index (χ1) is 13.4. The molecule has 0 unspecified atom stereocenters. The van der Waals surface area contributed by atoms with Crippen molar-refractivity contribution < 1.29 is 13.2 Å². The second-order valence-electron chi connectivity index (χ2n) is 7.27. The molecule has 0 atom stereocenters. The van der Waals surface area contributed by atoms with Crippen LogP contribution < -0.4 is 15.2 Å². The van der Waals surface area contributed by atoms with Crippen molar-refractivity contribution in [3.05, 3.63) is 59.7 Å². The summed E-state index contributed by atoms with van der Waals surface area (Å²) in [5.41, 5.74) is 1.55. The van der Waals surface area contributed by atoms with Crippen LogP contribution in [0.5, 0.6) is 5.75 Å². The number of hydrogen-bond donors (Lipinski definition) is 2. The molecule has 28 heavy (non-hydrogen) atoms. The van der Waals surface area contributed by atoms with Crippen LogP contribution in [0.25, 0.3) is 0 Å². The molecule has 0 spiro atoms. The Hall–Kier alpha value is -2.40. The van der Waals surface area contributed by atoms with Crippen LogP contribution in [0.4, 0.5) is 0 Å². The van der Waals surface area contributed by atoms with E-state index in [9.17, 15) is 13.7 Å². The monoisotopic (exact) mass is 399 g/mol. The quantitative estimate of drug-likeness (QED) is 0.777. The molecule has 0 saturated heterocycles. The fourth-order valence-electron chi connectivity index (χ4n) is 3.76. The standard InChI is InChI=1S/C21H25N3O3S/c1-27-19-4-2-3-17(13-19)21(15-22)11-9-18(10-12-21)24-14-16-5-7-20(8-6-16)28(23,25)26/h2-8,13,18,24H,9-12,14H2,1H3,(H2,23,25,26)/t18-,21+. The Labute approximate surface area is 166 Å². The lowest BCUT2D eigenvalue weighted by molar-refractivity contribution is 0.294. The van der Waals surface area contributed by atoms with Gasteiger partial charge in [-0.25, -0.2) is 13.6 Å². The van der Waals surface area contributed by atoms with Gasteiger partial charge in [-0.3, -0.25) is 0 Å². The van der Waals surface area contributed by atoms with E-state index in [4.69, 9.17) is 9.88 Å². The maximum Gasteiger partial charge on any atom is 0.238 e. The Kier molecular flexibility index (Phi) is 6.04. The van der Waals surface area contributed by atoms with Crippen LogP contribution in [0.15, 0.2) is 53.4 Å². The summed E-state index contributed by atoms with van der Waals surface area (Å²) in [6.07, 6.45) is 3.39. The summed E-state index contributed by atoms with van der Waals surface area (Å²) in [5.74, 6) is 0.773. The van der Waals surface area contributed by atoms with E-state index in [1.807, 2.05) is 24.3 Å². The molecule has 0 heterocycles. The molecule has 1 aliphatic rings. The second-order valence-corrected chi connectivity index (χ2v) is 8.83. The number of nitrogens with one attached hydrogen (secondary N) is 1. The zero-order valence-electron chi connectivity index (χ0n) is 15.9. The summed E-state index contributed by atoms with van der Waals surface area (Å²) in [7, 11) is -2.03. The highest BCUT2D eigenvalue weighted by Crippen LogP contribution is 2.40. The second kappa shape index (κ2) is 8.31. The summed E-state index contributed by atoms with van der Waals surface area (Å²) in [6, 6.07) is 17.3. The molecule has 2 aromatic rings. The number of nitrogens with two attached hydrogens (primary N) is 1. The molecule has 148 valence electrons. The van der Waals surface area contributed by atoms with Gasteiger partial charge in [-0.05, 0) is 61.1 Å². The average Bonchev–Trinajstić information content (AvgIpc) is 2.72. The fourth-order valence-corrected chi connectivity index (χ4v) is 4.28. The van der Waals surface area contributed by atoms with Crippen molar-refractivity contribution in [2.45, 2.75) is 48.6 Å². The van der Waals surface area contributed by atoms with Gasteiger partial charge >= 0.3 is 0 Å². The fraction of sp³-hybridized carbons (Fsp3) is 0.381. The molecule has 1 fully saturated rings. The number of ether oxygens (including phenoxy) is 1. The SMILES string of the molecule is COc1cccc([C@]2(C#N)CC[C@H](NCc3ccc(S(N)(=O)=O)cc3)CC2)c1. The van der Waals surface area contributed by atoms with Crippen LogP contribution in [0.3, 0.4) is 0 Å². The minimum absolute atomic E-state index is 0.117. The van der Waals surface area contributed by atoms with Crippen LogP contribution in [-0.2, 0) is 22.0 Å². The van der Waals surface area contributed by atoms with E-state index in [1.165, 1.54) is 12.1 Å². The Bertz CT molecular complexity index is 957. The zero-order chi connectivity index (χ0) is 20.2. The molecular formula is C21H25N3O3S. The number of hydrogen-bond acceptors (Lipinski definition) is 5. The molecule has 3 rings (SSSR count). The number of sulfonamides is 1. The highest BCUT2D eigenvalue weighted by Gasteiger charge is 2.37. The number of primary sulfonamides is 1. The van der Waals surface area contributed by atoms with E-state index in [0.717, 1.165) is 42.6 Å². The summed E-state index contributed by atoms with van der Waals surface area (Å²) in [6.45, 7) is 0.647. The van der Waals surface area contributed by atoms with Crippen molar-refractivity contribution in [3.8, 4) is 11.8 Å². The van der Waals surface area contributed by atoms with Gasteiger partial charge in [-0.15, -0.1) is 0 Å². The molecular weight excluding hydrogens is 374 g/mol. The minimum Gasteiger partial charge on any atom is -0.497 e. The van der Waals surface area contributed by atoms with Gasteiger partial charge in [0, 0.05) is 12.6 Å². The van der Waals surface area contributed by atoms with Gasteiger partial charge in [0.05, 0.1) is 23.5 Å². The van der Waals surface area contributed by atoms with Crippen LogP contribution in [0.2, 0.25) is 0 Å². The summed E-state index contributed by atoms with van der Waals surface area (Å²) < 4.78 is 28.0. The number of rotatable bonds is 6. The van der Waals surface area contributed by atoms with Crippen molar-refractivity contribution in [3.63, 3.8) is 0 Å². The Morgan fingerprint density at radius 3 is 2.46 bits per heavy atom. The normalized spacial score (nSPS) is 22.4. The lowest BCUT2D eigenvalue weighted by atomic mass is 9.69. The molecule has 3 N–H and O–H groups in total. The Morgan fingerprint density at radius 2 is 1.89 bits per heavy atom. The van der Waals surface area contributed by atoms with Crippen molar-refractivity contribution in [2.75, 3.05) is 7.11 Å². The molecule has 0 amide bonds. The van der Waals surface area contributed by atoms with Gasteiger partial charge < -0.3 is 10.1 Å². The summed E-state index contributed by atoms with van der Waals surface area (Å²) in [4.78, 5) is 0.117. The first-order valence-electron chi connectivity index (χ1n) is 9.27. The average molecular weight is 400 g/mol. The highest BCUT2D eigenvalue weighted by atomic mass is 32.2. The third kappa shape index (κ3) is 4.53. The topological polar surface area (TPSA) is 105 Å². The molecule has 0 radical (unpaired) electrons. The molecule has 0 aromatic heterocycles. The molecule has 0 aliphatic heterocycles. The van der Waals surface area contributed by atoms with Gasteiger partial charge in [-0.1, -0.05) is 24.3 Å². The van der Waals surface area contributed by atoms with E-state index < -0.39 is 15.4 Å². The zero-order valence-corrected chi connectivity index (χ0v) is 16.7. The van der Waals surface area contributed by atoms with Crippen molar-refractivity contribution >= 4 is 10.0 Å². The van der Waals surface area contributed by atoms with Crippen molar-refractivity contribution in [1.82, 2.24) is 5.32 Å². The first-order valence-corrected chi connectivity index (χ1v) is 10.8. The van der Waals surface area contributed by atoms with Crippen molar-refractivity contribution in [1.29, 1.82) is 5.26 Å². The Morgan fingerprint density at radius 1 is 1.21 bits per heavy atom. The predicted octanol–water partition coefficient (Wildman–Crippen LogP) is 2.84. The summed E-state index contributed by atoms with van der Waals surface area (Å²) >= 11 is 0. The minimum atomic E-state index is -3.66. The van der Waals surface area contributed by atoms with E-state index in [0.29, 0.717) is 12.6 Å². The smallest absolute Gasteiger partial charge is 0.238 e. The number of methoxy groups -OCH3 is 1. The third-order valence-corrected chi connectivity index (χ3v) is 6.45. The number of nitrogens with zero attached hydrogens (tertiary/aromatic N) is 1. The van der Waals surface area contributed by atoms with Gasteiger partial charge in [-0.2, -0.15) is 5.26 Å². The van der Waals surface area contributed by atoms with Crippen LogP contribution in [0, 0.1) is 11.3 Å². The highest BCUT2D eigenvalue weighted by molar-refractivity contribution is 7.89. The predicted molar refractivity (Wildman–Crippen MR) is 107 cm³/mol.